The summed E-state index contributed by atoms with van der Waals surface area (Å²) in [6, 6.07) is 0. The van der Waals surface area contributed by atoms with Crippen molar-refractivity contribution >= 4 is 5.97 Å². The van der Waals surface area contributed by atoms with Crippen molar-refractivity contribution < 1.29 is 14.6 Å². The van der Waals surface area contributed by atoms with Gasteiger partial charge in [-0.05, 0) is 38.5 Å². The normalized spacial score (nSPS) is 47.6. The Bertz CT molecular complexity index is 435. The lowest BCUT2D eigenvalue weighted by Crippen LogP contribution is -2.42. The molecule has 1 aliphatic heterocycles. The Hall–Kier alpha value is -1.09. The van der Waals surface area contributed by atoms with E-state index in [9.17, 15) is 9.90 Å². The molecule has 0 bridgehead atoms. The molecule has 2 saturated carbocycles. The predicted octanol–water partition coefficient (Wildman–Crippen LogP) is 2.21. The molecule has 3 heteroatoms. The number of rotatable bonds is 0. The van der Waals surface area contributed by atoms with Gasteiger partial charge in [0.25, 0.3) is 0 Å². The predicted molar refractivity (Wildman–Crippen MR) is 67.7 cm³/mol. The van der Waals surface area contributed by atoms with Crippen LogP contribution in [0.1, 0.15) is 32.6 Å². The van der Waals surface area contributed by atoms with Crippen LogP contribution in [0.25, 0.3) is 0 Å². The molecule has 1 heterocycles. The number of carbonyl (C=O) groups excluding carboxylic acids is 1. The lowest BCUT2D eigenvalue weighted by atomic mass is 9.77. The molecule has 1 N–H and O–H groups in total. The summed E-state index contributed by atoms with van der Waals surface area (Å²) in [4.78, 5) is 11.7. The van der Waals surface area contributed by atoms with Gasteiger partial charge in [-0.2, -0.15) is 0 Å². The van der Waals surface area contributed by atoms with Gasteiger partial charge in [-0.1, -0.05) is 18.7 Å². The highest BCUT2D eigenvalue weighted by Gasteiger charge is 2.56. The molecule has 1 saturated heterocycles. The van der Waals surface area contributed by atoms with Crippen LogP contribution >= 0.6 is 0 Å². The fourth-order valence-corrected chi connectivity index (χ4v) is 4.09. The molecule has 0 spiro atoms. The number of fused-ring (bicyclic) bond motifs is 3. The number of allylic oxidation sites excluding steroid dienone is 1. The van der Waals surface area contributed by atoms with E-state index in [1.54, 1.807) is 0 Å². The third kappa shape index (κ3) is 1.50. The summed E-state index contributed by atoms with van der Waals surface area (Å²) >= 11 is 0. The molecule has 3 rings (SSSR count). The zero-order valence-corrected chi connectivity index (χ0v) is 10.8. The number of ether oxygens (including phenoxy) is 1. The summed E-state index contributed by atoms with van der Waals surface area (Å²) in [5.74, 6) is 0.0576. The SMILES string of the molecule is C=C1C(=O)O[C@H]2[C@@H]3[C@@H](CC[C@@]3(C)O)C(=C)CC[C@@H]12. The minimum absolute atomic E-state index is 0.0132. The Labute approximate surface area is 108 Å². The van der Waals surface area contributed by atoms with Crippen molar-refractivity contribution in [2.45, 2.75) is 44.3 Å². The average molecular weight is 248 g/mol. The van der Waals surface area contributed by atoms with Gasteiger partial charge in [-0.15, -0.1) is 0 Å². The van der Waals surface area contributed by atoms with Gasteiger partial charge in [0.05, 0.1) is 5.60 Å². The summed E-state index contributed by atoms with van der Waals surface area (Å²) in [7, 11) is 0. The van der Waals surface area contributed by atoms with Crippen molar-refractivity contribution in [3.63, 3.8) is 0 Å². The van der Waals surface area contributed by atoms with Gasteiger partial charge < -0.3 is 9.84 Å². The van der Waals surface area contributed by atoms with Gasteiger partial charge in [0.15, 0.2) is 0 Å². The first-order valence-corrected chi connectivity index (χ1v) is 6.71. The monoisotopic (exact) mass is 248 g/mol. The van der Waals surface area contributed by atoms with Crippen LogP contribution in [0.4, 0.5) is 0 Å². The smallest absolute Gasteiger partial charge is 0.334 e. The van der Waals surface area contributed by atoms with Gasteiger partial charge in [0.2, 0.25) is 0 Å². The minimum Gasteiger partial charge on any atom is -0.458 e. The van der Waals surface area contributed by atoms with Gasteiger partial charge in [0, 0.05) is 17.4 Å². The maximum Gasteiger partial charge on any atom is 0.334 e. The fraction of sp³-hybridized carbons (Fsp3) is 0.667. The molecule has 0 aromatic rings. The summed E-state index contributed by atoms with van der Waals surface area (Å²) in [5.41, 5.74) is 1.03. The van der Waals surface area contributed by atoms with Gasteiger partial charge in [-0.25, -0.2) is 4.79 Å². The standard InChI is InChI=1S/C15H20O3/c1-8-4-5-11-9(2)14(16)18-13(11)12-10(8)6-7-15(12,3)17/h10-13,17H,1-2,4-7H2,3H3/t10-,11-,12-,13+,15+/m0/s1. The van der Waals surface area contributed by atoms with Crippen LogP contribution in [0.15, 0.2) is 24.3 Å². The van der Waals surface area contributed by atoms with Crippen LogP contribution in [0, 0.1) is 17.8 Å². The molecule has 0 unspecified atom stereocenters. The average Bonchev–Trinajstić information content (AvgIpc) is 2.69. The molecule has 0 amide bonds. The number of hydrogen-bond acceptors (Lipinski definition) is 3. The molecule has 3 aliphatic rings. The quantitative estimate of drug-likeness (QED) is 0.406. The summed E-state index contributed by atoms with van der Waals surface area (Å²) < 4.78 is 5.52. The topological polar surface area (TPSA) is 46.5 Å². The summed E-state index contributed by atoms with van der Waals surface area (Å²) in [6.45, 7) is 9.90. The molecule has 5 atom stereocenters. The molecular weight excluding hydrogens is 228 g/mol. The van der Waals surface area contributed by atoms with E-state index in [1.165, 1.54) is 5.57 Å². The highest BCUT2D eigenvalue weighted by molar-refractivity contribution is 5.90. The maximum atomic E-state index is 11.7. The molecular formula is C15H20O3. The first-order valence-electron chi connectivity index (χ1n) is 6.71. The molecule has 3 nitrogen and oxygen atoms in total. The Morgan fingerprint density at radius 2 is 2.06 bits per heavy atom. The van der Waals surface area contributed by atoms with Crippen LogP contribution in [0.5, 0.6) is 0 Å². The first-order chi connectivity index (χ1) is 8.42. The second-order valence-corrected chi connectivity index (χ2v) is 6.23. The highest BCUT2D eigenvalue weighted by Crippen LogP contribution is 2.53. The van der Waals surface area contributed by atoms with E-state index in [0.29, 0.717) is 5.57 Å². The van der Waals surface area contributed by atoms with E-state index in [-0.39, 0.29) is 29.8 Å². The molecule has 18 heavy (non-hydrogen) atoms. The number of esters is 1. The minimum atomic E-state index is -0.758. The molecule has 0 aromatic carbocycles. The molecule has 3 fully saturated rings. The van der Waals surface area contributed by atoms with Crippen LogP contribution in [0.2, 0.25) is 0 Å². The highest BCUT2D eigenvalue weighted by atomic mass is 16.6. The van der Waals surface area contributed by atoms with Gasteiger partial charge in [-0.3, -0.25) is 0 Å². The zero-order valence-electron chi connectivity index (χ0n) is 10.8. The number of hydrogen-bond donors (Lipinski definition) is 1. The van der Waals surface area contributed by atoms with Crippen LogP contribution < -0.4 is 0 Å². The van der Waals surface area contributed by atoms with E-state index in [0.717, 1.165) is 25.7 Å². The Balaban J connectivity index is 2.02. The summed E-state index contributed by atoms with van der Waals surface area (Å²) in [6.07, 6.45) is 3.29. The van der Waals surface area contributed by atoms with Crippen molar-refractivity contribution in [2.24, 2.45) is 17.8 Å². The van der Waals surface area contributed by atoms with Crippen molar-refractivity contribution in [1.82, 2.24) is 0 Å². The number of carbonyl (C=O) groups is 1. The third-order valence-electron chi connectivity index (χ3n) is 5.12. The Morgan fingerprint density at radius 1 is 1.33 bits per heavy atom. The first kappa shape index (κ1) is 12.0. The summed E-state index contributed by atoms with van der Waals surface area (Å²) in [5, 5.41) is 10.6. The molecule has 98 valence electrons. The van der Waals surface area contributed by atoms with E-state index in [2.05, 4.69) is 13.2 Å². The fourth-order valence-electron chi connectivity index (χ4n) is 4.09. The molecule has 0 aromatic heterocycles. The third-order valence-corrected chi connectivity index (χ3v) is 5.12. The van der Waals surface area contributed by atoms with Crippen molar-refractivity contribution in [1.29, 1.82) is 0 Å². The van der Waals surface area contributed by atoms with Crippen molar-refractivity contribution in [3.8, 4) is 0 Å². The van der Waals surface area contributed by atoms with Crippen LogP contribution in [-0.2, 0) is 9.53 Å². The Kier molecular flexibility index (Phi) is 2.46. The van der Waals surface area contributed by atoms with Crippen LogP contribution in [0.3, 0.4) is 0 Å². The Morgan fingerprint density at radius 3 is 2.78 bits per heavy atom. The van der Waals surface area contributed by atoms with E-state index >= 15 is 0 Å². The molecule has 2 aliphatic carbocycles. The van der Waals surface area contributed by atoms with Crippen LogP contribution in [-0.4, -0.2) is 22.8 Å². The van der Waals surface area contributed by atoms with Crippen molar-refractivity contribution in [2.75, 3.05) is 0 Å². The van der Waals surface area contributed by atoms with Gasteiger partial charge in [0.1, 0.15) is 6.10 Å². The lowest BCUT2D eigenvalue weighted by Gasteiger charge is -2.34. The zero-order chi connectivity index (χ0) is 13.1. The largest absolute Gasteiger partial charge is 0.458 e. The van der Waals surface area contributed by atoms with E-state index in [1.807, 2.05) is 6.92 Å². The van der Waals surface area contributed by atoms with Crippen molar-refractivity contribution in [3.05, 3.63) is 24.3 Å². The molecule has 0 radical (unpaired) electrons. The van der Waals surface area contributed by atoms with E-state index in [4.69, 9.17) is 4.74 Å². The van der Waals surface area contributed by atoms with Gasteiger partial charge >= 0.3 is 5.97 Å². The second-order valence-electron chi connectivity index (χ2n) is 6.23. The lowest BCUT2D eigenvalue weighted by molar-refractivity contribution is -0.146. The van der Waals surface area contributed by atoms with E-state index < -0.39 is 5.60 Å². The second kappa shape index (κ2) is 3.70. The number of aliphatic hydroxyl groups is 1. The maximum absolute atomic E-state index is 11.7.